The molecule has 1 amide bonds. The minimum Gasteiger partial charge on any atom is -0.490 e. The predicted octanol–water partition coefficient (Wildman–Crippen LogP) is 7.55. The summed E-state index contributed by atoms with van der Waals surface area (Å²) in [6.45, 7) is 7.71. The van der Waals surface area contributed by atoms with E-state index >= 15 is 0 Å². The summed E-state index contributed by atoms with van der Waals surface area (Å²) in [5.41, 5.74) is 7.09. The van der Waals surface area contributed by atoms with Gasteiger partial charge in [0.25, 0.3) is 6.43 Å². The highest BCUT2D eigenvalue weighted by Crippen LogP contribution is 2.58. The molecule has 2 aromatic carbocycles. The van der Waals surface area contributed by atoms with Crippen LogP contribution in [0.15, 0.2) is 48.8 Å². The highest BCUT2D eigenvalue weighted by atomic mass is 19.3. The number of aromatic nitrogens is 4. The Bertz CT molecular complexity index is 1960. The molecule has 5 heterocycles. The number of amides is 1. The molecule has 3 aliphatic heterocycles. The van der Waals surface area contributed by atoms with Gasteiger partial charge in [0, 0.05) is 86.9 Å². The van der Waals surface area contributed by atoms with Crippen molar-refractivity contribution in [2.24, 2.45) is 12.5 Å². The van der Waals surface area contributed by atoms with E-state index in [1.54, 1.807) is 37.1 Å². The largest absolute Gasteiger partial charge is 0.490 e. The van der Waals surface area contributed by atoms with Gasteiger partial charge >= 0.3 is 0 Å². The van der Waals surface area contributed by atoms with E-state index in [-0.39, 0.29) is 17.5 Å². The molecular formula is C41H49F2N7O2. The highest BCUT2D eigenvalue weighted by molar-refractivity contribution is 5.78. The van der Waals surface area contributed by atoms with E-state index in [9.17, 15) is 13.6 Å². The SMILES string of the molecule is CC(=O)N1CCc2c(c(N3CCCc4cc(-c5cnn(C)c5)c(C(F)F)cc43)nn2C2CCN(C3CC4(CC(Oc5ccc(C)cc5)C4)C3)CC2)C1. The third-order valence-corrected chi connectivity index (χ3v) is 12.7. The standard InChI is InChI=1S/C41H49F2N7O2/c1-26-6-8-32(9-7-26)52-33-21-41(22-33)19-31(20-41)47-14-10-30(11-15-47)50-37-12-16-48(27(2)51)25-36(37)40(45-50)49-13-4-5-28-17-34(29-23-44-46(3)24-29)35(39(42)43)18-38(28)49/h6-9,17-18,23-24,30-31,33,39H,4-5,10-16,19-22,25H2,1-3H3. The lowest BCUT2D eigenvalue weighted by Crippen LogP contribution is -2.59. The van der Waals surface area contributed by atoms with Crippen LogP contribution >= 0.6 is 0 Å². The van der Waals surface area contributed by atoms with Crippen LogP contribution in [0.4, 0.5) is 20.3 Å². The summed E-state index contributed by atoms with van der Waals surface area (Å²) < 4.78 is 39.5. The Kier molecular flexibility index (Phi) is 8.40. The van der Waals surface area contributed by atoms with Crippen LogP contribution in [-0.4, -0.2) is 73.6 Å². The predicted molar refractivity (Wildman–Crippen MR) is 196 cm³/mol. The molecule has 5 aliphatic rings. The Morgan fingerprint density at radius 2 is 1.75 bits per heavy atom. The van der Waals surface area contributed by atoms with Crippen LogP contribution in [0.5, 0.6) is 5.75 Å². The van der Waals surface area contributed by atoms with Crippen molar-refractivity contribution in [3.8, 4) is 16.9 Å². The number of fused-ring (bicyclic) bond motifs is 2. The van der Waals surface area contributed by atoms with Crippen molar-refractivity contribution in [3.63, 3.8) is 0 Å². The average Bonchev–Trinajstić information content (AvgIpc) is 3.72. The zero-order valence-electron chi connectivity index (χ0n) is 30.5. The van der Waals surface area contributed by atoms with Gasteiger partial charge in [0.15, 0.2) is 5.82 Å². The first-order valence-electron chi connectivity index (χ1n) is 19.2. The number of anilines is 2. The van der Waals surface area contributed by atoms with Crippen molar-refractivity contribution < 1.29 is 18.3 Å². The van der Waals surface area contributed by atoms with Gasteiger partial charge in [0.2, 0.25) is 5.91 Å². The number of carbonyl (C=O) groups excluding carboxylic acids is 1. The molecule has 52 heavy (non-hydrogen) atoms. The number of aryl methyl sites for hydroxylation is 3. The molecule has 274 valence electrons. The highest BCUT2D eigenvalue weighted by Gasteiger charge is 2.55. The number of carbonyl (C=O) groups is 1. The van der Waals surface area contributed by atoms with Crippen LogP contribution in [0.3, 0.4) is 0 Å². The van der Waals surface area contributed by atoms with Gasteiger partial charge in [-0.25, -0.2) is 8.78 Å². The topological polar surface area (TPSA) is 71.7 Å². The summed E-state index contributed by atoms with van der Waals surface area (Å²) in [5, 5.41) is 9.60. The Hall–Kier alpha value is -4.25. The molecule has 0 N–H and O–H groups in total. The maximum atomic E-state index is 14.7. The van der Waals surface area contributed by atoms with Crippen LogP contribution < -0.4 is 9.64 Å². The molecule has 0 bridgehead atoms. The lowest BCUT2D eigenvalue weighted by atomic mass is 9.52. The Morgan fingerprint density at radius 1 is 0.981 bits per heavy atom. The second kappa shape index (κ2) is 13.0. The molecule has 2 aliphatic carbocycles. The fraction of sp³-hybridized carbons (Fsp3) is 0.537. The van der Waals surface area contributed by atoms with Crippen LogP contribution in [0, 0.1) is 12.3 Å². The molecule has 4 aromatic rings. The maximum absolute atomic E-state index is 14.7. The molecule has 9 rings (SSSR count). The molecule has 0 unspecified atom stereocenters. The lowest BCUT2D eigenvalue weighted by Gasteiger charge is -2.60. The number of benzene rings is 2. The summed E-state index contributed by atoms with van der Waals surface area (Å²) in [6.07, 6.45) is 10.6. The quantitative estimate of drug-likeness (QED) is 0.198. The van der Waals surface area contributed by atoms with E-state index < -0.39 is 6.43 Å². The second-order valence-corrected chi connectivity index (χ2v) is 16.2. The molecule has 11 heteroatoms. The summed E-state index contributed by atoms with van der Waals surface area (Å²) in [5.74, 6) is 1.86. The molecular weight excluding hydrogens is 660 g/mol. The van der Waals surface area contributed by atoms with Crippen LogP contribution in [-0.2, 0) is 31.2 Å². The van der Waals surface area contributed by atoms with Crippen molar-refractivity contribution in [2.75, 3.05) is 31.1 Å². The second-order valence-electron chi connectivity index (χ2n) is 16.2. The van der Waals surface area contributed by atoms with Crippen molar-refractivity contribution in [1.29, 1.82) is 0 Å². The minimum absolute atomic E-state index is 0.0127. The first-order chi connectivity index (χ1) is 25.1. The Morgan fingerprint density at radius 3 is 2.44 bits per heavy atom. The molecule has 2 saturated carbocycles. The molecule has 1 spiro atoms. The maximum Gasteiger partial charge on any atom is 0.264 e. The molecule has 3 fully saturated rings. The zero-order chi connectivity index (χ0) is 35.7. The Balaban J connectivity index is 0.921. The minimum atomic E-state index is -2.63. The zero-order valence-corrected chi connectivity index (χ0v) is 30.5. The molecule has 9 nitrogen and oxygen atoms in total. The third kappa shape index (κ3) is 5.98. The first kappa shape index (κ1) is 33.6. The summed E-state index contributed by atoms with van der Waals surface area (Å²) >= 11 is 0. The fourth-order valence-corrected chi connectivity index (χ4v) is 9.90. The number of ether oxygens (including phenoxy) is 1. The van der Waals surface area contributed by atoms with E-state index in [1.165, 1.54) is 24.1 Å². The monoisotopic (exact) mass is 709 g/mol. The number of halogens is 2. The van der Waals surface area contributed by atoms with Gasteiger partial charge in [-0.05, 0) is 99.1 Å². The van der Waals surface area contributed by atoms with Gasteiger partial charge in [-0.3, -0.25) is 14.2 Å². The first-order valence-corrected chi connectivity index (χ1v) is 19.2. The number of rotatable bonds is 7. The lowest BCUT2D eigenvalue weighted by molar-refractivity contribution is -0.129. The molecule has 0 radical (unpaired) electrons. The van der Waals surface area contributed by atoms with Gasteiger partial charge in [-0.1, -0.05) is 17.7 Å². The van der Waals surface area contributed by atoms with E-state index in [2.05, 4.69) is 50.8 Å². The van der Waals surface area contributed by atoms with Gasteiger partial charge < -0.3 is 19.4 Å². The number of nitrogens with zero attached hydrogens (tertiary/aromatic N) is 7. The van der Waals surface area contributed by atoms with Crippen LogP contribution in [0.2, 0.25) is 0 Å². The van der Waals surface area contributed by atoms with Crippen molar-refractivity contribution in [1.82, 2.24) is 29.4 Å². The van der Waals surface area contributed by atoms with E-state index in [1.807, 2.05) is 11.0 Å². The van der Waals surface area contributed by atoms with Crippen molar-refractivity contribution in [2.45, 2.75) is 103 Å². The summed E-state index contributed by atoms with van der Waals surface area (Å²) in [4.78, 5) is 19.4. The molecule has 0 atom stereocenters. The number of likely N-dealkylation sites (tertiary alicyclic amines) is 1. The van der Waals surface area contributed by atoms with Gasteiger partial charge in [0.1, 0.15) is 5.75 Å². The number of hydrogen-bond acceptors (Lipinski definition) is 6. The molecule has 2 aromatic heterocycles. The van der Waals surface area contributed by atoms with Crippen molar-refractivity contribution in [3.05, 3.63) is 76.7 Å². The smallest absolute Gasteiger partial charge is 0.264 e. The van der Waals surface area contributed by atoms with E-state index in [0.29, 0.717) is 48.3 Å². The van der Waals surface area contributed by atoms with Crippen LogP contribution in [0.25, 0.3) is 11.1 Å². The van der Waals surface area contributed by atoms with E-state index in [4.69, 9.17) is 9.84 Å². The van der Waals surface area contributed by atoms with Gasteiger partial charge in [-0.15, -0.1) is 0 Å². The van der Waals surface area contributed by atoms with Gasteiger partial charge in [-0.2, -0.15) is 10.2 Å². The number of alkyl halides is 2. The third-order valence-electron chi connectivity index (χ3n) is 12.7. The van der Waals surface area contributed by atoms with Crippen LogP contribution in [0.1, 0.15) is 92.3 Å². The molecule has 1 saturated heterocycles. The fourth-order valence-electron chi connectivity index (χ4n) is 9.90. The normalized spacial score (nSPS) is 24.8. The summed E-state index contributed by atoms with van der Waals surface area (Å²) in [6, 6.07) is 13.0. The number of piperidine rings is 1. The van der Waals surface area contributed by atoms with Gasteiger partial charge in [0.05, 0.1) is 24.9 Å². The van der Waals surface area contributed by atoms with E-state index in [0.717, 1.165) is 86.4 Å². The summed E-state index contributed by atoms with van der Waals surface area (Å²) in [7, 11) is 1.80. The number of hydrogen-bond donors (Lipinski definition) is 0. The Labute approximate surface area is 304 Å². The van der Waals surface area contributed by atoms with Crippen molar-refractivity contribution >= 4 is 17.4 Å². The average molecular weight is 710 g/mol.